The van der Waals surface area contributed by atoms with E-state index in [1.807, 2.05) is 6.92 Å². The largest absolute Gasteiger partial charge is 0.463 e. The third-order valence-electron chi connectivity index (χ3n) is 4.46. The maximum atomic E-state index is 12.7. The Morgan fingerprint density at radius 1 is 1.07 bits per heavy atom. The lowest BCUT2D eigenvalue weighted by Crippen LogP contribution is -2.44. The number of hydrazine groups is 1. The van der Waals surface area contributed by atoms with Crippen LogP contribution in [0.25, 0.3) is 22.4 Å². The maximum Gasteiger partial charge on any atom is 0.270 e. The molecule has 0 saturated heterocycles. The number of hydrogen-bond acceptors (Lipinski definition) is 6. The zero-order valence-electron chi connectivity index (χ0n) is 16.6. The molecule has 2 amide bonds. The van der Waals surface area contributed by atoms with Crippen molar-refractivity contribution < 1.29 is 22.4 Å². The smallest absolute Gasteiger partial charge is 0.270 e. The minimum absolute atomic E-state index is 0.0519. The van der Waals surface area contributed by atoms with Gasteiger partial charge >= 0.3 is 0 Å². The quantitative estimate of drug-likeness (QED) is 0.420. The summed E-state index contributed by atoms with van der Waals surface area (Å²) in [5, 5.41) is 0.590. The zero-order chi connectivity index (χ0) is 21.6. The van der Waals surface area contributed by atoms with Crippen LogP contribution in [0.1, 0.15) is 36.5 Å². The van der Waals surface area contributed by atoms with Gasteiger partial charge in [0.2, 0.25) is 0 Å². The van der Waals surface area contributed by atoms with Crippen molar-refractivity contribution in [2.75, 3.05) is 11.5 Å². The lowest BCUT2D eigenvalue weighted by Gasteiger charge is -2.11. The van der Waals surface area contributed by atoms with Crippen LogP contribution in [0.5, 0.6) is 0 Å². The van der Waals surface area contributed by atoms with Crippen molar-refractivity contribution in [2.45, 2.75) is 26.2 Å². The summed E-state index contributed by atoms with van der Waals surface area (Å²) in [5.74, 6) is -1.60. The average molecular weight is 429 g/mol. The summed E-state index contributed by atoms with van der Waals surface area (Å²) in [6, 6.07) is 12.1. The number of nitrogens with zero attached hydrogens (tertiary/aromatic N) is 1. The van der Waals surface area contributed by atoms with Crippen LogP contribution in [0.4, 0.5) is 0 Å². The Kier molecular flexibility index (Phi) is 6.83. The molecule has 158 valence electrons. The molecule has 0 atom stereocenters. The monoisotopic (exact) mass is 429 g/mol. The van der Waals surface area contributed by atoms with Crippen molar-refractivity contribution in [2.24, 2.45) is 0 Å². The summed E-state index contributed by atoms with van der Waals surface area (Å²) in [5.41, 5.74) is 5.80. The van der Waals surface area contributed by atoms with Gasteiger partial charge in [0.25, 0.3) is 11.8 Å². The minimum Gasteiger partial charge on any atom is -0.463 e. The molecule has 30 heavy (non-hydrogen) atoms. The molecular weight excluding hydrogens is 406 g/mol. The van der Waals surface area contributed by atoms with Crippen LogP contribution in [0.2, 0.25) is 0 Å². The third kappa shape index (κ3) is 5.44. The number of sulfone groups is 1. The van der Waals surface area contributed by atoms with Gasteiger partial charge in [0.15, 0.2) is 15.6 Å². The molecule has 0 radical (unpaired) electrons. The Morgan fingerprint density at radius 3 is 2.60 bits per heavy atom. The normalized spacial score (nSPS) is 11.4. The van der Waals surface area contributed by atoms with Crippen LogP contribution in [-0.2, 0) is 14.6 Å². The summed E-state index contributed by atoms with van der Waals surface area (Å²) < 4.78 is 29.3. The van der Waals surface area contributed by atoms with E-state index in [1.165, 1.54) is 6.26 Å². The van der Waals surface area contributed by atoms with Gasteiger partial charge in [0.05, 0.1) is 23.1 Å². The average Bonchev–Trinajstić information content (AvgIpc) is 3.26. The van der Waals surface area contributed by atoms with E-state index in [0.717, 1.165) is 12.8 Å². The lowest BCUT2D eigenvalue weighted by atomic mass is 10.1. The zero-order valence-corrected chi connectivity index (χ0v) is 17.4. The molecule has 0 saturated carbocycles. The molecule has 2 aromatic heterocycles. The predicted molar refractivity (Wildman–Crippen MR) is 113 cm³/mol. The number of para-hydroxylation sites is 1. The molecule has 2 heterocycles. The summed E-state index contributed by atoms with van der Waals surface area (Å²) in [7, 11) is -3.52. The third-order valence-corrected chi connectivity index (χ3v) is 6.07. The van der Waals surface area contributed by atoms with E-state index in [4.69, 9.17) is 4.42 Å². The molecule has 0 aliphatic carbocycles. The molecule has 2 N–H and O–H groups in total. The molecule has 0 aliphatic rings. The molecule has 1 aromatic carbocycles. The molecule has 8 nitrogen and oxygen atoms in total. The number of fused-ring (bicyclic) bond motifs is 1. The van der Waals surface area contributed by atoms with Crippen molar-refractivity contribution in [1.82, 2.24) is 15.8 Å². The number of carbonyl (C=O) groups is 2. The van der Waals surface area contributed by atoms with E-state index in [9.17, 15) is 18.0 Å². The molecule has 3 rings (SSSR count). The number of rotatable bonds is 8. The maximum absolute atomic E-state index is 12.7. The first-order valence-corrected chi connectivity index (χ1v) is 11.4. The van der Waals surface area contributed by atoms with Crippen molar-refractivity contribution in [3.63, 3.8) is 0 Å². The number of amides is 2. The second-order valence-electron chi connectivity index (χ2n) is 6.85. The van der Waals surface area contributed by atoms with Gasteiger partial charge in [0.1, 0.15) is 11.4 Å². The van der Waals surface area contributed by atoms with Crippen molar-refractivity contribution in [3.8, 4) is 11.5 Å². The van der Waals surface area contributed by atoms with E-state index in [0.29, 0.717) is 28.8 Å². The number of furan rings is 1. The molecule has 0 unspecified atom stereocenters. The fourth-order valence-electron chi connectivity index (χ4n) is 2.99. The van der Waals surface area contributed by atoms with Crippen LogP contribution < -0.4 is 10.9 Å². The standard InChI is InChI=1S/C21H23N3O5S/c1-2-3-6-12-30(27,28)14-20(25)23-24-21(26)16-13-18(19-10-7-11-29-19)22-17-9-5-4-8-15(16)17/h4-5,7-11,13H,2-3,6,12,14H2,1H3,(H,23,25)(H,24,26). The first-order valence-electron chi connectivity index (χ1n) is 9.63. The first-order chi connectivity index (χ1) is 14.4. The molecule has 0 spiro atoms. The van der Waals surface area contributed by atoms with Crippen molar-refractivity contribution in [3.05, 3.63) is 54.3 Å². The highest BCUT2D eigenvalue weighted by Gasteiger charge is 2.19. The number of hydrogen-bond donors (Lipinski definition) is 2. The lowest BCUT2D eigenvalue weighted by molar-refractivity contribution is -0.119. The van der Waals surface area contributed by atoms with Gasteiger partial charge in [-0.15, -0.1) is 0 Å². The highest BCUT2D eigenvalue weighted by Crippen LogP contribution is 2.25. The summed E-state index contributed by atoms with van der Waals surface area (Å²) in [6.07, 6.45) is 3.69. The van der Waals surface area contributed by atoms with Crippen molar-refractivity contribution in [1.29, 1.82) is 0 Å². The van der Waals surface area contributed by atoms with Gasteiger partial charge in [-0.3, -0.25) is 20.4 Å². The van der Waals surface area contributed by atoms with Gasteiger partial charge in [-0.25, -0.2) is 13.4 Å². The highest BCUT2D eigenvalue weighted by molar-refractivity contribution is 7.92. The fourth-order valence-corrected chi connectivity index (χ4v) is 4.25. The van der Waals surface area contributed by atoms with Gasteiger partial charge in [0, 0.05) is 5.39 Å². The molecular formula is C21H23N3O5S. The van der Waals surface area contributed by atoms with Crippen LogP contribution in [0, 0.1) is 0 Å². The Hall–Kier alpha value is -3.20. The van der Waals surface area contributed by atoms with E-state index < -0.39 is 27.4 Å². The molecule has 0 fully saturated rings. The van der Waals surface area contributed by atoms with Crippen LogP contribution in [-0.4, -0.2) is 36.7 Å². The Labute approximate surface area is 174 Å². The number of nitrogens with one attached hydrogen (secondary N) is 2. The van der Waals surface area contributed by atoms with Crippen LogP contribution >= 0.6 is 0 Å². The van der Waals surface area contributed by atoms with E-state index in [2.05, 4.69) is 15.8 Å². The molecule has 9 heteroatoms. The van der Waals surface area contributed by atoms with Gasteiger partial charge in [-0.1, -0.05) is 38.0 Å². The number of pyridine rings is 1. The topological polar surface area (TPSA) is 118 Å². The summed E-state index contributed by atoms with van der Waals surface area (Å²) in [6.45, 7) is 1.97. The minimum atomic E-state index is -3.52. The molecule has 0 aliphatic heterocycles. The van der Waals surface area contributed by atoms with E-state index in [-0.39, 0.29) is 11.3 Å². The van der Waals surface area contributed by atoms with Crippen LogP contribution in [0.3, 0.4) is 0 Å². The van der Waals surface area contributed by atoms with Gasteiger partial charge in [-0.05, 0) is 30.7 Å². The summed E-state index contributed by atoms with van der Waals surface area (Å²) in [4.78, 5) is 29.2. The van der Waals surface area contributed by atoms with Crippen molar-refractivity contribution >= 4 is 32.6 Å². The highest BCUT2D eigenvalue weighted by atomic mass is 32.2. The number of aromatic nitrogens is 1. The fraction of sp³-hybridized carbons (Fsp3) is 0.286. The van der Waals surface area contributed by atoms with E-state index in [1.54, 1.807) is 42.5 Å². The Bertz CT molecular complexity index is 1140. The Balaban J connectivity index is 1.73. The number of carbonyl (C=O) groups excluding carboxylic acids is 2. The Morgan fingerprint density at radius 2 is 1.87 bits per heavy atom. The SMILES string of the molecule is CCCCCS(=O)(=O)CC(=O)NNC(=O)c1cc(-c2ccco2)nc2ccccc12. The first kappa shape index (κ1) is 21.5. The summed E-state index contributed by atoms with van der Waals surface area (Å²) >= 11 is 0. The van der Waals surface area contributed by atoms with E-state index >= 15 is 0 Å². The predicted octanol–water partition coefficient (Wildman–Crippen LogP) is 2.86. The van der Waals surface area contributed by atoms with Gasteiger partial charge < -0.3 is 4.42 Å². The number of benzene rings is 1. The number of unbranched alkanes of at least 4 members (excludes halogenated alkanes) is 2. The second kappa shape index (κ2) is 9.53. The second-order valence-corrected chi connectivity index (χ2v) is 9.04. The molecule has 0 bridgehead atoms. The van der Waals surface area contributed by atoms with Crippen LogP contribution in [0.15, 0.2) is 53.1 Å². The van der Waals surface area contributed by atoms with Gasteiger partial charge in [-0.2, -0.15) is 0 Å². The molecule has 3 aromatic rings.